The van der Waals surface area contributed by atoms with Crippen LogP contribution in [-0.4, -0.2) is 39.2 Å². The maximum Gasteiger partial charge on any atom is 0.408 e. The van der Waals surface area contributed by atoms with Gasteiger partial charge in [-0.25, -0.2) is 9.59 Å². The zero-order valence-corrected chi connectivity index (χ0v) is 23.8. The van der Waals surface area contributed by atoms with Crippen LogP contribution in [0.1, 0.15) is 72.1 Å². The van der Waals surface area contributed by atoms with Crippen molar-refractivity contribution in [3.63, 3.8) is 0 Å². The van der Waals surface area contributed by atoms with E-state index in [-0.39, 0.29) is 23.0 Å². The lowest BCUT2D eigenvalue weighted by Gasteiger charge is -2.38. The lowest BCUT2D eigenvalue weighted by Crippen LogP contribution is -2.44. The average molecular weight is 492 g/mol. The summed E-state index contributed by atoms with van der Waals surface area (Å²) in [5.74, 6) is -0.492. The van der Waals surface area contributed by atoms with Crippen molar-refractivity contribution in [2.75, 3.05) is 13.2 Å². The number of nitrogens with one attached hydrogen (secondary N) is 1. The van der Waals surface area contributed by atoms with Gasteiger partial charge in [-0.2, -0.15) is 0 Å². The Balaban J connectivity index is 3.29. The molecule has 0 heterocycles. The van der Waals surface area contributed by atoms with Crippen LogP contribution >= 0.6 is 0 Å². The van der Waals surface area contributed by atoms with Crippen LogP contribution in [0.3, 0.4) is 0 Å². The minimum absolute atomic E-state index is 0.0519. The Morgan fingerprint density at radius 2 is 1.65 bits per heavy atom. The predicted octanol–water partition coefficient (Wildman–Crippen LogP) is 6.71. The average Bonchev–Trinajstić information content (AvgIpc) is 2.67. The van der Waals surface area contributed by atoms with Crippen LogP contribution in [0.4, 0.5) is 4.79 Å². The number of hydrogen-bond acceptors (Lipinski definition) is 5. The minimum Gasteiger partial charge on any atom is -0.463 e. The van der Waals surface area contributed by atoms with Crippen LogP contribution in [0.15, 0.2) is 36.4 Å². The first-order valence-electron chi connectivity index (χ1n) is 12.1. The number of esters is 1. The molecule has 0 spiro atoms. The molecule has 0 unspecified atom stereocenters. The zero-order valence-electron chi connectivity index (χ0n) is 22.8. The van der Waals surface area contributed by atoms with Gasteiger partial charge in [0.15, 0.2) is 8.32 Å². The summed E-state index contributed by atoms with van der Waals surface area (Å²) in [6, 6.07) is 7.74. The van der Waals surface area contributed by atoms with Gasteiger partial charge in [0.1, 0.15) is 5.60 Å². The number of ether oxygens (including phenoxy) is 2. The molecule has 0 radical (unpaired) electrons. The topological polar surface area (TPSA) is 73.9 Å². The SMILES string of the molecule is CCOC(=O)/C=C/C[C@H](CO[Si](C)(C)C(C)(C)C)[C@H](NC(=O)OC(C)(C)C)c1ccc(C)cc1. The van der Waals surface area contributed by atoms with E-state index in [1.807, 2.05) is 52.0 Å². The van der Waals surface area contributed by atoms with Gasteiger partial charge in [0, 0.05) is 18.6 Å². The van der Waals surface area contributed by atoms with E-state index in [4.69, 9.17) is 13.9 Å². The van der Waals surface area contributed by atoms with Crippen molar-refractivity contribution in [3.8, 4) is 0 Å². The van der Waals surface area contributed by atoms with Crippen molar-refractivity contribution in [2.45, 2.75) is 91.6 Å². The van der Waals surface area contributed by atoms with Crippen LogP contribution < -0.4 is 5.32 Å². The lowest BCUT2D eigenvalue weighted by molar-refractivity contribution is -0.137. The van der Waals surface area contributed by atoms with Gasteiger partial charge in [-0.1, -0.05) is 56.7 Å². The Hall–Kier alpha value is -2.12. The van der Waals surface area contributed by atoms with Gasteiger partial charge in [-0.15, -0.1) is 0 Å². The first-order valence-corrected chi connectivity index (χ1v) is 15.0. The molecule has 1 aromatic rings. The molecule has 0 aliphatic rings. The van der Waals surface area contributed by atoms with Crippen LogP contribution in [0.5, 0.6) is 0 Å². The molecular formula is C27H45NO5Si. The molecule has 6 nitrogen and oxygen atoms in total. The normalized spacial score (nSPS) is 14.5. The molecule has 0 aliphatic heterocycles. The molecular weight excluding hydrogens is 446 g/mol. The van der Waals surface area contributed by atoms with Crippen molar-refractivity contribution in [1.82, 2.24) is 5.32 Å². The van der Waals surface area contributed by atoms with Gasteiger partial charge in [-0.05, 0) is 64.7 Å². The quantitative estimate of drug-likeness (QED) is 0.224. The highest BCUT2D eigenvalue weighted by atomic mass is 28.4. The van der Waals surface area contributed by atoms with Crippen molar-refractivity contribution < 1.29 is 23.5 Å². The molecule has 1 aromatic carbocycles. The second-order valence-electron chi connectivity index (χ2n) is 11.3. The largest absolute Gasteiger partial charge is 0.463 e. The van der Waals surface area contributed by atoms with E-state index in [1.54, 1.807) is 13.0 Å². The summed E-state index contributed by atoms with van der Waals surface area (Å²) in [4.78, 5) is 24.6. The highest BCUT2D eigenvalue weighted by Crippen LogP contribution is 2.38. The third kappa shape index (κ3) is 10.4. The van der Waals surface area contributed by atoms with Crippen molar-refractivity contribution in [3.05, 3.63) is 47.5 Å². The Bertz CT molecular complexity index is 819. The van der Waals surface area contributed by atoms with E-state index in [0.29, 0.717) is 19.6 Å². The number of aryl methyl sites for hydroxylation is 1. The summed E-state index contributed by atoms with van der Waals surface area (Å²) < 4.78 is 17.2. The van der Waals surface area contributed by atoms with Gasteiger partial charge < -0.3 is 19.2 Å². The smallest absolute Gasteiger partial charge is 0.408 e. The molecule has 0 bridgehead atoms. The third-order valence-electron chi connectivity index (χ3n) is 6.02. The minimum atomic E-state index is -2.03. The monoisotopic (exact) mass is 491 g/mol. The molecule has 192 valence electrons. The van der Waals surface area contributed by atoms with Crippen LogP contribution in [0.25, 0.3) is 0 Å². The van der Waals surface area contributed by atoms with Gasteiger partial charge in [0.25, 0.3) is 0 Å². The zero-order chi connectivity index (χ0) is 26.2. The molecule has 0 saturated heterocycles. The summed E-state index contributed by atoms with van der Waals surface area (Å²) in [5, 5.41) is 3.12. The lowest BCUT2D eigenvalue weighted by atomic mass is 9.90. The fraction of sp³-hybridized carbons (Fsp3) is 0.630. The highest BCUT2D eigenvalue weighted by molar-refractivity contribution is 6.74. The Morgan fingerprint density at radius 1 is 1.06 bits per heavy atom. The first-order chi connectivity index (χ1) is 15.6. The van der Waals surface area contributed by atoms with Crippen molar-refractivity contribution in [1.29, 1.82) is 0 Å². The number of carbonyl (C=O) groups is 2. The first kappa shape index (κ1) is 29.9. The van der Waals surface area contributed by atoms with Crippen molar-refractivity contribution in [2.24, 2.45) is 5.92 Å². The molecule has 0 fully saturated rings. The molecule has 1 amide bonds. The van der Waals surface area contributed by atoms with Gasteiger partial charge in [0.2, 0.25) is 0 Å². The van der Waals surface area contributed by atoms with Gasteiger partial charge in [-0.3, -0.25) is 0 Å². The summed E-state index contributed by atoms with van der Waals surface area (Å²) >= 11 is 0. The molecule has 34 heavy (non-hydrogen) atoms. The second kappa shape index (κ2) is 12.5. The Kier molecular flexibility index (Phi) is 11.0. The van der Waals surface area contributed by atoms with Crippen LogP contribution in [0, 0.1) is 12.8 Å². The Labute approximate surface area is 207 Å². The van der Waals surface area contributed by atoms with Gasteiger partial charge >= 0.3 is 12.1 Å². The fourth-order valence-corrected chi connectivity index (χ4v) is 4.11. The van der Waals surface area contributed by atoms with E-state index in [9.17, 15) is 9.59 Å². The number of allylic oxidation sites excluding steroid dienone is 1. The maximum atomic E-state index is 12.8. The third-order valence-corrected chi connectivity index (χ3v) is 10.5. The summed E-state index contributed by atoms with van der Waals surface area (Å²) in [7, 11) is -2.03. The molecule has 1 rings (SSSR count). The number of carbonyl (C=O) groups excluding carboxylic acids is 2. The molecule has 7 heteroatoms. The van der Waals surface area contributed by atoms with Crippen LogP contribution in [0.2, 0.25) is 18.1 Å². The Morgan fingerprint density at radius 3 is 2.15 bits per heavy atom. The van der Waals surface area contributed by atoms with E-state index >= 15 is 0 Å². The maximum absolute atomic E-state index is 12.8. The number of hydrogen-bond donors (Lipinski definition) is 1. The number of amides is 1. The standard InChI is InChI=1S/C27H45NO5Si/c1-11-31-23(29)14-12-13-22(19-32-34(9,10)27(6,7)8)24(21-17-15-20(2)16-18-21)28-25(30)33-26(3,4)5/h12,14-18,22,24H,11,13,19H2,1-10H3,(H,28,30)/b14-12+/t22-,24-/m1/s1. The highest BCUT2D eigenvalue weighted by Gasteiger charge is 2.38. The van der Waals surface area contributed by atoms with Gasteiger partial charge in [0.05, 0.1) is 12.6 Å². The number of alkyl carbamates (subject to hydrolysis) is 1. The van der Waals surface area contributed by atoms with E-state index in [0.717, 1.165) is 11.1 Å². The van der Waals surface area contributed by atoms with E-state index < -0.39 is 20.0 Å². The van der Waals surface area contributed by atoms with E-state index in [2.05, 4.69) is 39.2 Å². The second-order valence-corrected chi connectivity index (χ2v) is 16.1. The molecule has 1 N–H and O–H groups in total. The number of benzene rings is 1. The number of rotatable bonds is 10. The summed E-state index contributed by atoms with van der Waals surface area (Å²) in [6.07, 6.45) is 3.30. The molecule has 0 aromatic heterocycles. The molecule has 2 atom stereocenters. The molecule has 0 aliphatic carbocycles. The summed E-state index contributed by atoms with van der Waals surface area (Å²) in [5.41, 5.74) is 1.49. The van der Waals surface area contributed by atoms with Crippen LogP contribution in [-0.2, 0) is 18.7 Å². The molecule has 0 saturated carbocycles. The summed E-state index contributed by atoms with van der Waals surface area (Å²) in [6.45, 7) is 21.1. The fourth-order valence-electron chi connectivity index (χ4n) is 3.04. The van der Waals surface area contributed by atoms with E-state index in [1.165, 1.54) is 6.08 Å². The van der Waals surface area contributed by atoms with Crippen molar-refractivity contribution >= 4 is 20.4 Å². The predicted molar refractivity (Wildman–Crippen MR) is 140 cm³/mol.